The zero-order valence-electron chi connectivity index (χ0n) is 12.7. The van der Waals surface area contributed by atoms with Crippen LogP contribution in [0.1, 0.15) is 55.8 Å². The van der Waals surface area contributed by atoms with Crippen molar-refractivity contribution in [2.75, 3.05) is 18.4 Å². The number of rotatable bonds is 6. The van der Waals surface area contributed by atoms with Crippen LogP contribution in [-0.4, -0.2) is 34.7 Å². The third-order valence-electron chi connectivity index (χ3n) is 3.94. The molecule has 116 valence electrons. The molecule has 1 fully saturated rings. The molecule has 0 unspecified atom stereocenters. The first-order chi connectivity index (χ1) is 10.1. The summed E-state index contributed by atoms with van der Waals surface area (Å²) >= 11 is 0. The normalized spacial score (nSPS) is 17.2. The maximum absolute atomic E-state index is 11.8. The number of nitrogens with zero attached hydrogens (tertiary/aromatic N) is 1. The van der Waals surface area contributed by atoms with Crippen molar-refractivity contribution in [3.05, 3.63) is 23.9 Å². The van der Waals surface area contributed by atoms with Crippen molar-refractivity contribution in [2.45, 2.75) is 51.0 Å². The number of hydrogen-bond acceptors (Lipinski definition) is 4. The van der Waals surface area contributed by atoms with E-state index in [1.165, 1.54) is 6.42 Å². The molecule has 21 heavy (non-hydrogen) atoms. The van der Waals surface area contributed by atoms with Crippen molar-refractivity contribution in [2.24, 2.45) is 0 Å². The Morgan fingerprint density at radius 1 is 1.33 bits per heavy atom. The predicted molar refractivity (Wildman–Crippen MR) is 83.4 cm³/mol. The maximum Gasteiger partial charge on any atom is 0.252 e. The quantitative estimate of drug-likeness (QED) is 0.752. The molecule has 0 aromatic carbocycles. The first kappa shape index (κ1) is 15.8. The number of nitrogens with one attached hydrogen (secondary N) is 2. The van der Waals surface area contributed by atoms with Crippen LogP contribution in [0.3, 0.4) is 0 Å². The van der Waals surface area contributed by atoms with Crippen LogP contribution in [0.4, 0.5) is 5.82 Å². The molecule has 0 bridgehead atoms. The third kappa shape index (κ3) is 4.70. The molecule has 5 heteroatoms. The fourth-order valence-corrected chi connectivity index (χ4v) is 2.62. The van der Waals surface area contributed by atoms with Crippen molar-refractivity contribution in [3.63, 3.8) is 0 Å². The fraction of sp³-hybridized carbons (Fsp3) is 0.625. The van der Waals surface area contributed by atoms with E-state index >= 15 is 0 Å². The third-order valence-corrected chi connectivity index (χ3v) is 3.94. The average molecular weight is 291 g/mol. The lowest BCUT2D eigenvalue weighted by molar-refractivity contribution is 0.0166. The Morgan fingerprint density at radius 3 is 2.71 bits per heavy atom. The van der Waals surface area contributed by atoms with E-state index in [2.05, 4.69) is 15.6 Å². The topological polar surface area (TPSA) is 74.2 Å². The number of aromatic nitrogens is 1. The van der Waals surface area contributed by atoms with Crippen LogP contribution in [0.5, 0.6) is 0 Å². The van der Waals surface area contributed by atoms with Gasteiger partial charge in [0.1, 0.15) is 5.82 Å². The van der Waals surface area contributed by atoms with E-state index in [0.717, 1.165) is 32.1 Å². The van der Waals surface area contributed by atoms with Crippen LogP contribution < -0.4 is 10.6 Å². The summed E-state index contributed by atoms with van der Waals surface area (Å²) in [7, 11) is 0. The smallest absolute Gasteiger partial charge is 0.252 e. The molecule has 5 nitrogen and oxygen atoms in total. The summed E-state index contributed by atoms with van der Waals surface area (Å²) in [5.74, 6) is 0.600. The number of anilines is 1. The van der Waals surface area contributed by atoms with Crippen LogP contribution in [0.2, 0.25) is 0 Å². The van der Waals surface area contributed by atoms with Gasteiger partial charge in [0.15, 0.2) is 0 Å². The highest BCUT2D eigenvalue weighted by molar-refractivity contribution is 5.93. The minimum absolute atomic E-state index is 0.0955. The Hall–Kier alpha value is -1.62. The van der Waals surface area contributed by atoms with Crippen molar-refractivity contribution in [1.29, 1.82) is 0 Å². The molecular formula is C16H25N3O2. The van der Waals surface area contributed by atoms with Gasteiger partial charge in [-0.2, -0.15) is 0 Å². The molecular weight excluding hydrogens is 266 g/mol. The Balaban J connectivity index is 1.86. The molecule has 0 atom stereocenters. The van der Waals surface area contributed by atoms with Gasteiger partial charge >= 0.3 is 0 Å². The minimum Gasteiger partial charge on any atom is -0.388 e. The summed E-state index contributed by atoms with van der Waals surface area (Å²) < 4.78 is 0. The summed E-state index contributed by atoms with van der Waals surface area (Å²) in [5.41, 5.74) is -0.0535. The number of carbonyl (C=O) groups excluding carboxylic acids is 1. The highest BCUT2D eigenvalue weighted by Gasteiger charge is 2.28. The maximum atomic E-state index is 11.8. The van der Waals surface area contributed by atoms with Gasteiger partial charge in [0.05, 0.1) is 11.2 Å². The van der Waals surface area contributed by atoms with Crippen LogP contribution in [0.15, 0.2) is 18.3 Å². The SMILES string of the molecule is CCCNC(=O)c1ccc(NCC2(O)CCCCC2)nc1. The van der Waals surface area contributed by atoms with E-state index in [-0.39, 0.29) is 5.91 Å². The molecule has 0 spiro atoms. The van der Waals surface area contributed by atoms with Crippen LogP contribution in [0.25, 0.3) is 0 Å². The Kier molecular flexibility index (Phi) is 5.56. The monoisotopic (exact) mass is 291 g/mol. The van der Waals surface area contributed by atoms with E-state index in [0.29, 0.717) is 24.5 Å². The van der Waals surface area contributed by atoms with Gasteiger partial charge in [0, 0.05) is 19.3 Å². The first-order valence-corrected chi connectivity index (χ1v) is 7.83. The second-order valence-electron chi connectivity index (χ2n) is 5.83. The van der Waals surface area contributed by atoms with E-state index < -0.39 is 5.60 Å². The number of pyridine rings is 1. The van der Waals surface area contributed by atoms with Gasteiger partial charge in [-0.05, 0) is 31.4 Å². The summed E-state index contributed by atoms with van der Waals surface area (Å²) in [4.78, 5) is 16.0. The molecule has 1 heterocycles. The van der Waals surface area contributed by atoms with Gasteiger partial charge in [-0.3, -0.25) is 4.79 Å². The fourth-order valence-electron chi connectivity index (χ4n) is 2.62. The standard InChI is InChI=1S/C16H25N3O2/c1-2-10-17-15(20)13-6-7-14(18-11-13)19-12-16(21)8-4-3-5-9-16/h6-7,11,21H,2-5,8-10,12H2,1H3,(H,17,20)(H,18,19). The summed E-state index contributed by atoms with van der Waals surface area (Å²) in [5, 5.41) is 16.4. The Labute approximate surface area is 126 Å². The molecule has 0 radical (unpaired) electrons. The van der Waals surface area contributed by atoms with Gasteiger partial charge < -0.3 is 15.7 Å². The van der Waals surface area contributed by atoms with Crippen molar-refractivity contribution in [3.8, 4) is 0 Å². The minimum atomic E-state index is -0.614. The zero-order chi connectivity index (χ0) is 15.1. The Morgan fingerprint density at radius 2 is 2.10 bits per heavy atom. The molecule has 1 saturated carbocycles. The highest BCUT2D eigenvalue weighted by Crippen LogP contribution is 2.28. The van der Waals surface area contributed by atoms with Crippen LogP contribution in [0, 0.1) is 0 Å². The van der Waals surface area contributed by atoms with Gasteiger partial charge in [-0.1, -0.05) is 26.2 Å². The van der Waals surface area contributed by atoms with Crippen LogP contribution in [-0.2, 0) is 0 Å². The molecule has 2 rings (SSSR count). The number of hydrogen-bond donors (Lipinski definition) is 3. The van der Waals surface area contributed by atoms with E-state index in [1.807, 2.05) is 6.92 Å². The van der Waals surface area contributed by atoms with Gasteiger partial charge in [-0.25, -0.2) is 4.98 Å². The lowest BCUT2D eigenvalue weighted by Crippen LogP contribution is -2.38. The predicted octanol–water partition coefficient (Wildman–Crippen LogP) is 2.33. The molecule has 1 aliphatic carbocycles. The highest BCUT2D eigenvalue weighted by atomic mass is 16.3. The molecule has 1 aromatic rings. The van der Waals surface area contributed by atoms with E-state index in [4.69, 9.17) is 0 Å². The van der Waals surface area contributed by atoms with Crippen molar-refractivity contribution < 1.29 is 9.90 Å². The second kappa shape index (κ2) is 7.41. The molecule has 0 aliphatic heterocycles. The number of amides is 1. The van der Waals surface area contributed by atoms with Crippen molar-refractivity contribution in [1.82, 2.24) is 10.3 Å². The van der Waals surface area contributed by atoms with Gasteiger partial charge in [0.2, 0.25) is 0 Å². The molecule has 0 saturated heterocycles. The zero-order valence-corrected chi connectivity index (χ0v) is 12.7. The van der Waals surface area contributed by atoms with Gasteiger partial charge in [0.25, 0.3) is 5.91 Å². The lowest BCUT2D eigenvalue weighted by Gasteiger charge is -2.32. The number of carbonyl (C=O) groups is 1. The second-order valence-corrected chi connectivity index (χ2v) is 5.83. The molecule has 3 N–H and O–H groups in total. The van der Waals surface area contributed by atoms with Crippen LogP contribution >= 0.6 is 0 Å². The van der Waals surface area contributed by atoms with E-state index in [1.54, 1.807) is 18.3 Å². The molecule has 1 aromatic heterocycles. The van der Waals surface area contributed by atoms with E-state index in [9.17, 15) is 9.90 Å². The number of aliphatic hydroxyl groups is 1. The van der Waals surface area contributed by atoms with Gasteiger partial charge in [-0.15, -0.1) is 0 Å². The molecule has 1 aliphatic rings. The van der Waals surface area contributed by atoms with Crippen molar-refractivity contribution >= 4 is 11.7 Å². The Bertz CT molecular complexity index is 453. The first-order valence-electron chi connectivity index (χ1n) is 7.83. The summed E-state index contributed by atoms with van der Waals surface area (Å²) in [6.45, 7) is 3.20. The summed E-state index contributed by atoms with van der Waals surface area (Å²) in [6.07, 6.45) is 7.55. The summed E-state index contributed by atoms with van der Waals surface area (Å²) in [6, 6.07) is 3.54. The average Bonchev–Trinajstić information content (AvgIpc) is 2.52. The lowest BCUT2D eigenvalue weighted by atomic mass is 9.85. The molecule has 1 amide bonds. The largest absolute Gasteiger partial charge is 0.388 e.